The van der Waals surface area contributed by atoms with Crippen LogP contribution in [0.2, 0.25) is 0 Å². The normalized spacial score (nSPS) is 15.1. The van der Waals surface area contributed by atoms with Crippen molar-refractivity contribution in [3.05, 3.63) is 100 Å². The number of nitrogens with one attached hydrogen (secondary N) is 1. The van der Waals surface area contributed by atoms with Crippen molar-refractivity contribution < 1.29 is 40.3 Å². The highest BCUT2D eigenvalue weighted by atomic mass is 32.2. The van der Waals surface area contributed by atoms with E-state index in [1.165, 1.54) is 54.6 Å². The number of carbonyl (C=O) groups excluding carboxylic acids is 3. The van der Waals surface area contributed by atoms with Crippen LogP contribution in [-0.2, 0) is 29.8 Å². The Labute approximate surface area is 242 Å². The molecule has 0 aliphatic carbocycles. The molecule has 7 N–H and O–H groups in total. The molecule has 3 amide bonds. The Morgan fingerprint density at radius 1 is 0.791 bits per heavy atom. The lowest BCUT2D eigenvalue weighted by atomic mass is 10.1. The molecule has 222 valence electrons. The lowest BCUT2D eigenvalue weighted by molar-refractivity contribution is -0.115. The summed E-state index contributed by atoms with van der Waals surface area (Å²) in [7, 11) is -8.94. The Hall–Kier alpha value is -5.43. The zero-order chi connectivity index (χ0) is 31.7. The monoisotopic (exact) mass is 628 g/mol. The Morgan fingerprint density at radius 2 is 1.33 bits per heavy atom. The summed E-state index contributed by atoms with van der Waals surface area (Å²) in [6.45, 7) is 0. The van der Waals surface area contributed by atoms with Crippen molar-refractivity contribution in [3.63, 3.8) is 0 Å². The van der Waals surface area contributed by atoms with E-state index in [4.69, 9.17) is 20.6 Å². The summed E-state index contributed by atoms with van der Waals surface area (Å²) < 4.78 is 64.2. The van der Waals surface area contributed by atoms with E-state index in [0.717, 1.165) is 34.0 Å². The van der Waals surface area contributed by atoms with E-state index in [9.17, 15) is 36.0 Å². The molecule has 1 aliphatic heterocycles. The maximum Gasteiger partial charge on any atom is 0.294 e. The predicted octanol–water partition coefficient (Wildman–Crippen LogP) is 0.142. The zero-order valence-electron chi connectivity index (χ0n) is 21.5. The number of aromatic nitrogens is 2. The second-order valence-corrected chi connectivity index (χ2v) is 11.4. The standard InChI is InChI=1S/C25H20N6O10S2/c26-22(32)20-18(24(34)30(28-20)14-6-10-16(11-7-14)42(36,37)38)4-2-1-3-5-19-21(23(27)33)29-31(25(19)35)15-8-12-17(13-9-15)43(39,40)41/h1-13,28H,(H2,26,32)(H2,27,33)(H,36,37,38)(H,39,40,41)/b3-1+,4-2+,19-5+. The molecule has 0 spiro atoms. The highest BCUT2D eigenvalue weighted by Crippen LogP contribution is 2.25. The van der Waals surface area contributed by atoms with Gasteiger partial charge in [0.05, 0.1) is 32.3 Å². The summed E-state index contributed by atoms with van der Waals surface area (Å²) in [5.74, 6) is -2.77. The van der Waals surface area contributed by atoms with Crippen LogP contribution in [0.25, 0.3) is 11.8 Å². The number of hydrogen-bond donors (Lipinski definition) is 5. The average molecular weight is 629 g/mol. The van der Waals surface area contributed by atoms with Crippen molar-refractivity contribution in [3.8, 4) is 5.69 Å². The highest BCUT2D eigenvalue weighted by molar-refractivity contribution is 7.86. The third-order valence-electron chi connectivity index (χ3n) is 5.80. The van der Waals surface area contributed by atoms with Gasteiger partial charge in [-0.3, -0.25) is 33.4 Å². The summed E-state index contributed by atoms with van der Waals surface area (Å²) in [6, 6.07) is 8.99. The number of aromatic amines is 1. The molecule has 4 rings (SSSR count). The predicted molar refractivity (Wildman–Crippen MR) is 151 cm³/mol. The van der Waals surface area contributed by atoms with E-state index in [2.05, 4.69) is 10.2 Å². The molecule has 2 heterocycles. The molecular formula is C25H20N6O10S2. The van der Waals surface area contributed by atoms with E-state index in [1.807, 2.05) is 0 Å². The highest BCUT2D eigenvalue weighted by Gasteiger charge is 2.33. The SMILES string of the molecule is NC(=O)C1=NN(c2ccc(S(=O)(=O)O)cc2)C(=O)/C1=C/C=C/C=C/c1c(C(N)=O)[nH]n(-c2ccc(S(=O)(=O)O)cc2)c1=O. The van der Waals surface area contributed by atoms with Gasteiger partial charge in [0.1, 0.15) is 5.69 Å². The summed E-state index contributed by atoms with van der Waals surface area (Å²) in [6.07, 6.45) is 6.44. The van der Waals surface area contributed by atoms with Gasteiger partial charge in [-0.05, 0) is 60.7 Å². The lowest BCUT2D eigenvalue weighted by Crippen LogP contribution is -2.25. The molecule has 0 radical (unpaired) electrons. The molecule has 1 aromatic heterocycles. The van der Waals surface area contributed by atoms with Gasteiger partial charge in [0, 0.05) is 0 Å². The maximum atomic E-state index is 13.0. The first-order valence-corrected chi connectivity index (χ1v) is 14.6. The van der Waals surface area contributed by atoms with Gasteiger partial charge in [0.2, 0.25) is 0 Å². The van der Waals surface area contributed by atoms with Crippen molar-refractivity contribution in [1.82, 2.24) is 9.78 Å². The summed E-state index contributed by atoms with van der Waals surface area (Å²) in [5.41, 5.74) is 9.22. The van der Waals surface area contributed by atoms with Crippen LogP contribution in [0, 0.1) is 0 Å². The maximum absolute atomic E-state index is 13.0. The zero-order valence-corrected chi connectivity index (χ0v) is 23.1. The molecule has 0 unspecified atom stereocenters. The summed E-state index contributed by atoms with van der Waals surface area (Å²) in [5, 5.41) is 7.24. The average Bonchev–Trinajstić information content (AvgIpc) is 3.44. The van der Waals surface area contributed by atoms with Crippen LogP contribution in [0.4, 0.5) is 5.69 Å². The number of allylic oxidation sites excluding steroid dienone is 4. The lowest BCUT2D eigenvalue weighted by Gasteiger charge is -2.11. The van der Waals surface area contributed by atoms with Gasteiger partial charge >= 0.3 is 0 Å². The van der Waals surface area contributed by atoms with Crippen molar-refractivity contribution >= 4 is 55.4 Å². The number of nitrogens with zero attached hydrogens (tertiary/aromatic N) is 3. The Morgan fingerprint density at radius 3 is 1.81 bits per heavy atom. The van der Waals surface area contributed by atoms with Crippen LogP contribution in [0.1, 0.15) is 16.1 Å². The van der Waals surface area contributed by atoms with E-state index >= 15 is 0 Å². The van der Waals surface area contributed by atoms with E-state index in [-0.39, 0.29) is 33.9 Å². The summed E-state index contributed by atoms with van der Waals surface area (Å²) in [4.78, 5) is 48.9. The molecule has 0 bridgehead atoms. The van der Waals surface area contributed by atoms with Crippen LogP contribution in [0.15, 0.2) is 98.1 Å². The molecule has 0 saturated carbocycles. The molecule has 2 aromatic carbocycles. The third-order valence-corrected chi connectivity index (χ3v) is 7.54. The number of anilines is 1. The first-order valence-electron chi connectivity index (χ1n) is 11.7. The Kier molecular flexibility index (Phi) is 8.13. The molecule has 0 fully saturated rings. The Bertz CT molecular complexity index is 2050. The number of benzene rings is 2. The van der Waals surface area contributed by atoms with Gasteiger partial charge in [-0.25, -0.2) is 4.68 Å². The number of primary amides is 2. The van der Waals surface area contributed by atoms with Crippen LogP contribution < -0.4 is 22.0 Å². The van der Waals surface area contributed by atoms with E-state index in [1.54, 1.807) is 0 Å². The van der Waals surface area contributed by atoms with E-state index in [0.29, 0.717) is 0 Å². The fourth-order valence-electron chi connectivity index (χ4n) is 3.79. The van der Waals surface area contributed by atoms with Gasteiger partial charge in [-0.1, -0.05) is 18.2 Å². The minimum absolute atomic E-state index is 0.0822. The van der Waals surface area contributed by atoms with Crippen molar-refractivity contribution in [2.45, 2.75) is 9.79 Å². The Balaban J connectivity index is 1.59. The number of hydrogen-bond acceptors (Lipinski definition) is 9. The van der Waals surface area contributed by atoms with Crippen molar-refractivity contribution in [1.29, 1.82) is 0 Å². The number of nitrogens with two attached hydrogens (primary N) is 2. The molecule has 0 saturated heterocycles. The second-order valence-electron chi connectivity index (χ2n) is 8.60. The first-order chi connectivity index (χ1) is 20.1. The molecular weight excluding hydrogens is 608 g/mol. The minimum Gasteiger partial charge on any atom is -0.364 e. The van der Waals surface area contributed by atoms with Crippen LogP contribution in [-0.4, -0.2) is 59.2 Å². The van der Waals surface area contributed by atoms with Crippen molar-refractivity contribution in [2.24, 2.45) is 16.6 Å². The van der Waals surface area contributed by atoms with Crippen LogP contribution >= 0.6 is 0 Å². The first kappa shape index (κ1) is 30.5. The quantitative estimate of drug-likeness (QED) is 0.121. The number of hydrazone groups is 1. The van der Waals surface area contributed by atoms with Gasteiger partial charge in [0.15, 0.2) is 5.71 Å². The van der Waals surface area contributed by atoms with Gasteiger partial charge in [0.25, 0.3) is 43.5 Å². The molecule has 1 aliphatic rings. The van der Waals surface area contributed by atoms with E-state index < -0.39 is 53.3 Å². The number of H-pyrrole nitrogens is 1. The minimum atomic E-state index is -4.48. The smallest absolute Gasteiger partial charge is 0.294 e. The number of carbonyl (C=O) groups is 3. The molecule has 3 aromatic rings. The number of rotatable bonds is 9. The van der Waals surface area contributed by atoms with Crippen LogP contribution in [0.5, 0.6) is 0 Å². The topological polar surface area (TPSA) is 265 Å². The fraction of sp³-hybridized carbons (Fsp3) is 0. The largest absolute Gasteiger partial charge is 0.364 e. The van der Waals surface area contributed by atoms with Gasteiger partial charge in [-0.15, -0.1) is 0 Å². The molecule has 43 heavy (non-hydrogen) atoms. The van der Waals surface area contributed by atoms with Gasteiger partial charge in [-0.2, -0.15) is 26.9 Å². The molecule has 16 nitrogen and oxygen atoms in total. The molecule has 0 atom stereocenters. The van der Waals surface area contributed by atoms with Gasteiger partial charge < -0.3 is 11.5 Å². The van der Waals surface area contributed by atoms with Crippen LogP contribution in [0.3, 0.4) is 0 Å². The summed E-state index contributed by atoms with van der Waals surface area (Å²) >= 11 is 0. The van der Waals surface area contributed by atoms with Crippen molar-refractivity contribution in [2.75, 3.05) is 5.01 Å². The third kappa shape index (κ3) is 6.41. The second kappa shape index (κ2) is 11.4. The number of amides is 3. The molecule has 18 heteroatoms. The fourth-order valence-corrected chi connectivity index (χ4v) is 4.75.